The Labute approximate surface area is 103 Å². The first-order chi connectivity index (χ1) is 8.00. The summed E-state index contributed by atoms with van der Waals surface area (Å²) in [4.78, 5) is 0.392. The molecule has 0 bridgehead atoms. The molecule has 17 heavy (non-hydrogen) atoms. The monoisotopic (exact) mass is 253 g/mol. The third-order valence-electron chi connectivity index (χ3n) is 3.41. The molecule has 0 amide bonds. The van der Waals surface area contributed by atoms with E-state index in [0.29, 0.717) is 17.4 Å². The second-order valence-electron chi connectivity index (χ2n) is 4.93. The summed E-state index contributed by atoms with van der Waals surface area (Å²) in [5, 5.41) is 0. The summed E-state index contributed by atoms with van der Waals surface area (Å²) in [7, 11) is -3.34. The van der Waals surface area contributed by atoms with Crippen molar-refractivity contribution in [2.45, 2.75) is 31.6 Å². The summed E-state index contributed by atoms with van der Waals surface area (Å²) in [5.74, 6) is 1.16. The molecule has 1 N–H and O–H groups in total. The van der Waals surface area contributed by atoms with E-state index in [9.17, 15) is 8.42 Å². The molecular formula is C13H19NO2S. The Morgan fingerprint density at radius 2 is 2.00 bits per heavy atom. The van der Waals surface area contributed by atoms with Crippen molar-refractivity contribution in [3.8, 4) is 0 Å². The largest absolute Gasteiger partial charge is 0.240 e. The minimum absolute atomic E-state index is 0.392. The third kappa shape index (κ3) is 3.07. The van der Waals surface area contributed by atoms with Gasteiger partial charge in [0.15, 0.2) is 0 Å². The third-order valence-corrected chi connectivity index (χ3v) is 4.99. The Balaban J connectivity index is 2.05. The average molecular weight is 253 g/mol. The Morgan fingerprint density at radius 3 is 2.59 bits per heavy atom. The molecule has 1 aliphatic rings. The number of rotatable bonds is 5. The van der Waals surface area contributed by atoms with E-state index in [2.05, 4.69) is 11.6 Å². The zero-order chi connectivity index (χ0) is 12.5. The number of aryl methyl sites for hydroxylation is 1. The lowest BCUT2D eigenvalue weighted by Gasteiger charge is -2.13. The second kappa shape index (κ2) is 4.78. The van der Waals surface area contributed by atoms with Crippen LogP contribution in [-0.4, -0.2) is 15.0 Å². The minimum atomic E-state index is -3.34. The zero-order valence-corrected chi connectivity index (χ0v) is 11.1. The number of hydrogen-bond acceptors (Lipinski definition) is 2. The fraction of sp³-hybridized carbons (Fsp3) is 0.538. The van der Waals surface area contributed by atoms with Crippen LogP contribution in [0.2, 0.25) is 0 Å². The average Bonchev–Trinajstić information content (AvgIpc) is 3.10. The van der Waals surface area contributed by atoms with Crippen molar-refractivity contribution in [2.24, 2.45) is 11.8 Å². The van der Waals surface area contributed by atoms with Gasteiger partial charge in [-0.2, -0.15) is 0 Å². The molecule has 0 spiro atoms. The summed E-state index contributed by atoms with van der Waals surface area (Å²) >= 11 is 0. The lowest BCUT2D eigenvalue weighted by atomic mass is 10.1. The van der Waals surface area contributed by atoms with E-state index < -0.39 is 10.0 Å². The van der Waals surface area contributed by atoms with Gasteiger partial charge in [0.05, 0.1) is 4.90 Å². The maximum Gasteiger partial charge on any atom is 0.240 e. The fourth-order valence-electron chi connectivity index (χ4n) is 2.01. The van der Waals surface area contributed by atoms with Crippen LogP contribution in [0.1, 0.15) is 25.3 Å². The normalized spacial score (nSPS) is 18.0. The van der Waals surface area contributed by atoms with E-state index >= 15 is 0 Å². The van der Waals surface area contributed by atoms with Crippen molar-refractivity contribution in [3.63, 3.8) is 0 Å². The van der Waals surface area contributed by atoms with Gasteiger partial charge in [0.2, 0.25) is 10.0 Å². The maximum absolute atomic E-state index is 12.1. The zero-order valence-electron chi connectivity index (χ0n) is 10.3. The van der Waals surface area contributed by atoms with Gasteiger partial charge in [-0.15, -0.1) is 0 Å². The summed E-state index contributed by atoms with van der Waals surface area (Å²) in [6.45, 7) is 4.47. The first-order valence-corrected chi connectivity index (χ1v) is 7.54. The van der Waals surface area contributed by atoms with Gasteiger partial charge in [-0.3, -0.25) is 0 Å². The minimum Gasteiger partial charge on any atom is -0.211 e. The van der Waals surface area contributed by atoms with Gasteiger partial charge in [0, 0.05) is 6.54 Å². The lowest BCUT2D eigenvalue weighted by Crippen LogP contribution is -2.29. The molecule has 1 unspecified atom stereocenters. The van der Waals surface area contributed by atoms with E-state index in [0.717, 1.165) is 11.5 Å². The van der Waals surface area contributed by atoms with Crippen LogP contribution in [-0.2, 0) is 10.0 Å². The molecule has 1 aromatic carbocycles. The highest BCUT2D eigenvalue weighted by atomic mass is 32.2. The number of hydrogen-bond donors (Lipinski definition) is 1. The smallest absolute Gasteiger partial charge is 0.211 e. The summed E-state index contributed by atoms with van der Waals surface area (Å²) < 4.78 is 26.9. The molecule has 4 heteroatoms. The van der Waals surface area contributed by atoms with Crippen molar-refractivity contribution in [3.05, 3.63) is 29.8 Å². The molecule has 0 radical (unpaired) electrons. The Kier molecular flexibility index (Phi) is 3.54. The van der Waals surface area contributed by atoms with E-state index in [1.807, 2.05) is 19.1 Å². The van der Waals surface area contributed by atoms with Gasteiger partial charge in [-0.25, -0.2) is 13.1 Å². The van der Waals surface area contributed by atoms with Crippen LogP contribution < -0.4 is 4.72 Å². The summed E-state index contributed by atoms with van der Waals surface area (Å²) in [5.41, 5.74) is 0.791. The van der Waals surface area contributed by atoms with Crippen molar-refractivity contribution < 1.29 is 8.42 Å². The number of nitrogens with one attached hydrogen (secondary N) is 1. The van der Waals surface area contributed by atoms with Gasteiger partial charge in [-0.1, -0.05) is 25.1 Å². The van der Waals surface area contributed by atoms with Gasteiger partial charge < -0.3 is 0 Å². The molecule has 1 fully saturated rings. The van der Waals surface area contributed by atoms with Crippen LogP contribution in [0, 0.1) is 18.8 Å². The van der Waals surface area contributed by atoms with E-state index in [1.54, 1.807) is 12.1 Å². The van der Waals surface area contributed by atoms with Crippen molar-refractivity contribution in [2.75, 3.05) is 6.54 Å². The van der Waals surface area contributed by atoms with E-state index in [1.165, 1.54) is 12.8 Å². The van der Waals surface area contributed by atoms with Crippen molar-refractivity contribution in [1.82, 2.24) is 4.72 Å². The summed E-state index contributed by atoms with van der Waals surface area (Å²) in [6.07, 6.45) is 2.49. The molecule has 1 saturated carbocycles. The Morgan fingerprint density at radius 1 is 1.35 bits per heavy atom. The van der Waals surface area contributed by atoms with Gasteiger partial charge in [0.1, 0.15) is 0 Å². The first-order valence-electron chi connectivity index (χ1n) is 6.06. The molecule has 1 aromatic rings. The molecule has 2 rings (SSSR count). The van der Waals surface area contributed by atoms with Crippen LogP contribution in [0.4, 0.5) is 0 Å². The molecule has 0 aromatic heterocycles. The van der Waals surface area contributed by atoms with E-state index in [-0.39, 0.29) is 0 Å². The first kappa shape index (κ1) is 12.6. The Hall–Kier alpha value is -0.870. The van der Waals surface area contributed by atoms with Crippen LogP contribution >= 0.6 is 0 Å². The molecule has 94 valence electrons. The number of benzene rings is 1. The highest BCUT2D eigenvalue weighted by Crippen LogP contribution is 2.36. The number of sulfonamides is 1. The van der Waals surface area contributed by atoms with Crippen LogP contribution in [0.15, 0.2) is 29.2 Å². The van der Waals surface area contributed by atoms with Crippen LogP contribution in [0.25, 0.3) is 0 Å². The van der Waals surface area contributed by atoms with Gasteiger partial charge >= 0.3 is 0 Å². The van der Waals surface area contributed by atoms with Gasteiger partial charge in [0.25, 0.3) is 0 Å². The second-order valence-corrected chi connectivity index (χ2v) is 6.67. The molecule has 1 atom stereocenters. The SMILES string of the molecule is Cc1ccccc1S(=O)(=O)NCC(C)C1CC1. The van der Waals surface area contributed by atoms with Crippen molar-refractivity contribution in [1.29, 1.82) is 0 Å². The van der Waals surface area contributed by atoms with Crippen molar-refractivity contribution >= 4 is 10.0 Å². The van der Waals surface area contributed by atoms with Crippen LogP contribution in [0.3, 0.4) is 0 Å². The fourth-order valence-corrected chi connectivity index (χ4v) is 3.40. The molecule has 1 aliphatic carbocycles. The predicted molar refractivity (Wildman–Crippen MR) is 68.3 cm³/mol. The summed E-state index contributed by atoms with van der Waals surface area (Å²) in [6, 6.07) is 7.07. The highest BCUT2D eigenvalue weighted by Gasteiger charge is 2.28. The van der Waals surface area contributed by atoms with E-state index in [4.69, 9.17) is 0 Å². The molecule has 3 nitrogen and oxygen atoms in total. The lowest BCUT2D eigenvalue weighted by molar-refractivity contribution is 0.491. The standard InChI is InChI=1S/C13H19NO2S/c1-10-5-3-4-6-13(10)17(15,16)14-9-11(2)12-7-8-12/h3-6,11-12,14H,7-9H2,1-2H3. The molecular weight excluding hydrogens is 234 g/mol. The van der Waals surface area contributed by atoms with Gasteiger partial charge in [-0.05, 0) is 43.2 Å². The molecule has 0 aliphatic heterocycles. The Bertz CT molecular complexity index is 492. The van der Waals surface area contributed by atoms with Crippen LogP contribution in [0.5, 0.6) is 0 Å². The molecule has 0 saturated heterocycles. The quantitative estimate of drug-likeness (QED) is 0.875. The topological polar surface area (TPSA) is 46.2 Å². The molecule has 0 heterocycles. The maximum atomic E-state index is 12.1. The predicted octanol–water partition coefficient (Wildman–Crippen LogP) is 2.32. The highest BCUT2D eigenvalue weighted by molar-refractivity contribution is 7.89.